The van der Waals surface area contributed by atoms with Gasteiger partial charge in [0.05, 0.1) is 6.10 Å². The molecule has 0 bridgehead atoms. The van der Waals surface area contributed by atoms with E-state index in [1.165, 1.54) is 0 Å². The summed E-state index contributed by atoms with van der Waals surface area (Å²) in [5.74, 6) is 0.748. The Balaban J connectivity index is 2.87. The van der Waals surface area contributed by atoms with E-state index in [0.29, 0.717) is 4.64 Å². The first-order chi connectivity index (χ1) is 5.20. The van der Waals surface area contributed by atoms with Gasteiger partial charge in [-0.1, -0.05) is 12.2 Å². The lowest BCUT2D eigenvalue weighted by atomic mass is 10.4. The lowest BCUT2D eigenvalue weighted by molar-refractivity contribution is 0.240. The third-order valence-corrected chi connectivity index (χ3v) is 1.46. The molecule has 0 amide bonds. The van der Waals surface area contributed by atoms with E-state index in [9.17, 15) is 0 Å². The molecular formula is C8H11NOS. The summed E-state index contributed by atoms with van der Waals surface area (Å²) in [6, 6.07) is 3.73. The second-order valence-electron chi connectivity index (χ2n) is 2.53. The average Bonchev–Trinajstić information content (AvgIpc) is 1.93. The predicted octanol–water partition coefficient (Wildman–Crippen LogP) is 2.53. The van der Waals surface area contributed by atoms with Gasteiger partial charge in [0.2, 0.25) is 0 Å². The Morgan fingerprint density at radius 1 is 1.55 bits per heavy atom. The third-order valence-electron chi connectivity index (χ3n) is 1.14. The lowest BCUT2D eigenvalue weighted by Gasteiger charge is -2.08. The van der Waals surface area contributed by atoms with E-state index in [-0.39, 0.29) is 6.10 Å². The summed E-state index contributed by atoms with van der Waals surface area (Å²) in [7, 11) is 0. The maximum Gasteiger partial charge on any atom is 0.154 e. The molecule has 1 N–H and O–H groups in total. The molecule has 3 heteroatoms. The van der Waals surface area contributed by atoms with Gasteiger partial charge in [0.25, 0.3) is 0 Å². The van der Waals surface area contributed by atoms with Crippen LogP contribution in [-0.4, -0.2) is 11.1 Å². The number of rotatable bonds is 2. The van der Waals surface area contributed by atoms with Crippen molar-refractivity contribution in [3.05, 3.63) is 23.0 Å². The van der Waals surface area contributed by atoms with Gasteiger partial charge in [-0.2, -0.15) is 0 Å². The molecule has 0 saturated heterocycles. The highest BCUT2D eigenvalue weighted by molar-refractivity contribution is 7.71. The zero-order valence-corrected chi connectivity index (χ0v) is 7.44. The van der Waals surface area contributed by atoms with Crippen LogP contribution in [0.25, 0.3) is 0 Å². The van der Waals surface area contributed by atoms with Crippen molar-refractivity contribution in [3.8, 4) is 5.75 Å². The molecule has 1 rings (SSSR count). The van der Waals surface area contributed by atoms with E-state index in [1.54, 1.807) is 6.20 Å². The van der Waals surface area contributed by atoms with Crippen LogP contribution in [0.4, 0.5) is 0 Å². The third kappa shape index (κ3) is 2.35. The molecule has 2 nitrogen and oxygen atoms in total. The van der Waals surface area contributed by atoms with Crippen molar-refractivity contribution < 1.29 is 4.74 Å². The first kappa shape index (κ1) is 8.27. The zero-order valence-electron chi connectivity index (χ0n) is 6.63. The van der Waals surface area contributed by atoms with E-state index >= 15 is 0 Å². The highest BCUT2D eigenvalue weighted by atomic mass is 32.1. The van der Waals surface area contributed by atoms with Crippen LogP contribution in [0.15, 0.2) is 18.3 Å². The van der Waals surface area contributed by atoms with Gasteiger partial charge < -0.3 is 9.72 Å². The maximum atomic E-state index is 5.41. The number of aromatic nitrogens is 1. The zero-order chi connectivity index (χ0) is 8.27. The minimum Gasteiger partial charge on any atom is -0.488 e. The molecule has 60 valence electrons. The number of hydrogen-bond acceptors (Lipinski definition) is 2. The van der Waals surface area contributed by atoms with Gasteiger partial charge in [-0.3, -0.25) is 0 Å². The SMILES string of the molecule is CC(C)Oc1ccc[nH]c1=S. The minimum atomic E-state index is 0.174. The van der Waals surface area contributed by atoms with Crippen molar-refractivity contribution in [3.63, 3.8) is 0 Å². The number of nitrogens with one attached hydrogen (secondary N) is 1. The van der Waals surface area contributed by atoms with Crippen LogP contribution in [-0.2, 0) is 0 Å². The molecule has 0 fully saturated rings. The fraction of sp³-hybridized carbons (Fsp3) is 0.375. The van der Waals surface area contributed by atoms with Crippen LogP contribution in [0, 0.1) is 4.64 Å². The van der Waals surface area contributed by atoms with Gasteiger partial charge >= 0.3 is 0 Å². The number of pyridine rings is 1. The molecule has 11 heavy (non-hydrogen) atoms. The average molecular weight is 169 g/mol. The summed E-state index contributed by atoms with van der Waals surface area (Å²) in [5.41, 5.74) is 0. The smallest absolute Gasteiger partial charge is 0.154 e. The van der Waals surface area contributed by atoms with Crippen molar-refractivity contribution in [1.82, 2.24) is 4.98 Å². The van der Waals surface area contributed by atoms with Gasteiger partial charge in [-0.05, 0) is 26.0 Å². The number of aromatic amines is 1. The Morgan fingerprint density at radius 2 is 2.27 bits per heavy atom. The standard InChI is InChI=1S/C8H11NOS/c1-6(2)10-7-4-3-5-9-8(7)11/h3-6H,1-2H3,(H,9,11). The van der Waals surface area contributed by atoms with Crippen molar-refractivity contribution in [2.45, 2.75) is 20.0 Å². The molecule has 0 aromatic carbocycles. The Hall–Kier alpha value is -0.830. The Bertz CT molecular complexity index is 279. The molecule has 0 saturated carbocycles. The molecule has 0 unspecified atom stereocenters. The van der Waals surface area contributed by atoms with Crippen molar-refractivity contribution in [1.29, 1.82) is 0 Å². The second-order valence-corrected chi connectivity index (χ2v) is 2.94. The molecule has 0 aliphatic rings. The van der Waals surface area contributed by atoms with Gasteiger partial charge in [-0.15, -0.1) is 0 Å². The van der Waals surface area contributed by atoms with E-state index < -0.39 is 0 Å². The molecule has 0 aliphatic heterocycles. The predicted molar refractivity (Wildman–Crippen MR) is 47.4 cm³/mol. The van der Waals surface area contributed by atoms with E-state index in [2.05, 4.69) is 4.98 Å². The fourth-order valence-corrected chi connectivity index (χ4v) is 0.937. The fourth-order valence-electron chi connectivity index (χ4n) is 0.753. The molecule has 0 radical (unpaired) electrons. The Morgan fingerprint density at radius 3 is 2.82 bits per heavy atom. The van der Waals surface area contributed by atoms with Crippen LogP contribution < -0.4 is 4.74 Å². The van der Waals surface area contributed by atoms with E-state index in [0.717, 1.165) is 5.75 Å². The van der Waals surface area contributed by atoms with Crippen LogP contribution in [0.1, 0.15) is 13.8 Å². The summed E-state index contributed by atoms with van der Waals surface area (Å²) in [4.78, 5) is 2.90. The van der Waals surface area contributed by atoms with E-state index in [4.69, 9.17) is 17.0 Å². The van der Waals surface area contributed by atoms with Crippen molar-refractivity contribution >= 4 is 12.2 Å². The quantitative estimate of drug-likeness (QED) is 0.688. The number of H-pyrrole nitrogens is 1. The molecule has 0 spiro atoms. The van der Waals surface area contributed by atoms with Crippen LogP contribution in [0.3, 0.4) is 0 Å². The monoisotopic (exact) mass is 169 g/mol. The molecule has 1 heterocycles. The Kier molecular flexibility index (Phi) is 2.65. The largest absolute Gasteiger partial charge is 0.488 e. The lowest BCUT2D eigenvalue weighted by Crippen LogP contribution is -2.05. The molecule has 0 aliphatic carbocycles. The second kappa shape index (κ2) is 3.53. The Labute approximate surface area is 71.2 Å². The highest BCUT2D eigenvalue weighted by Crippen LogP contribution is 2.11. The van der Waals surface area contributed by atoms with Gasteiger partial charge in [-0.25, -0.2) is 0 Å². The van der Waals surface area contributed by atoms with Crippen molar-refractivity contribution in [2.24, 2.45) is 0 Å². The summed E-state index contributed by atoms with van der Waals surface area (Å²) >= 11 is 4.99. The van der Waals surface area contributed by atoms with Crippen LogP contribution >= 0.6 is 12.2 Å². The summed E-state index contributed by atoms with van der Waals surface area (Å²) in [5, 5.41) is 0. The first-order valence-electron chi connectivity index (χ1n) is 3.54. The normalized spacial score (nSPS) is 10.1. The number of hydrogen-bond donors (Lipinski definition) is 1. The number of ether oxygens (including phenoxy) is 1. The van der Waals surface area contributed by atoms with Crippen LogP contribution in [0.5, 0.6) is 5.75 Å². The maximum absolute atomic E-state index is 5.41. The molecule has 1 aromatic heterocycles. The van der Waals surface area contributed by atoms with E-state index in [1.807, 2.05) is 26.0 Å². The summed E-state index contributed by atoms with van der Waals surface area (Å²) in [6.07, 6.45) is 1.96. The van der Waals surface area contributed by atoms with Crippen LogP contribution in [0.2, 0.25) is 0 Å². The minimum absolute atomic E-state index is 0.174. The summed E-state index contributed by atoms with van der Waals surface area (Å²) in [6.45, 7) is 3.95. The van der Waals surface area contributed by atoms with Crippen molar-refractivity contribution in [2.75, 3.05) is 0 Å². The highest BCUT2D eigenvalue weighted by Gasteiger charge is 1.97. The van der Waals surface area contributed by atoms with Gasteiger partial charge in [0.15, 0.2) is 5.75 Å². The van der Waals surface area contributed by atoms with Gasteiger partial charge in [0, 0.05) is 6.20 Å². The molecular weight excluding hydrogens is 158 g/mol. The molecule has 0 atom stereocenters. The van der Waals surface area contributed by atoms with Gasteiger partial charge in [0.1, 0.15) is 4.64 Å². The topological polar surface area (TPSA) is 25.0 Å². The molecule has 1 aromatic rings. The first-order valence-corrected chi connectivity index (χ1v) is 3.95. The summed E-state index contributed by atoms with van der Waals surface area (Å²) < 4.78 is 6.06.